The Kier molecular flexibility index (Phi) is 9.41. The van der Waals surface area contributed by atoms with E-state index in [-0.39, 0.29) is 70.0 Å². The van der Waals surface area contributed by atoms with Crippen LogP contribution in [-0.2, 0) is 25.8 Å². The molecule has 0 aliphatic carbocycles. The Morgan fingerprint density at radius 1 is 1.15 bits per heavy atom. The summed E-state index contributed by atoms with van der Waals surface area (Å²) in [4.78, 5) is 55.3. The number of carboxylic acids is 1. The number of fused-ring (bicyclic) bond motifs is 1. The molecule has 39 heavy (non-hydrogen) atoms. The van der Waals surface area contributed by atoms with Gasteiger partial charge < -0.3 is 30.3 Å². The summed E-state index contributed by atoms with van der Waals surface area (Å²) < 4.78 is 11.0. The Bertz CT molecular complexity index is 1080. The fourth-order valence-electron chi connectivity index (χ4n) is 5.90. The average molecular weight is 547 g/mol. The summed E-state index contributed by atoms with van der Waals surface area (Å²) in [7, 11) is 0. The molecular weight excluding hydrogens is 508 g/mol. The Balaban J connectivity index is 1.64. The molecule has 1 aromatic rings. The maximum absolute atomic E-state index is 13.4. The summed E-state index contributed by atoms with van der Waals surface area (Å²) >= 11 is 0. The van der Waals surface area contributed by atoms with Crippen LogP contribution in [0.3, 0.4) is 0 Å². The average Bonchev–Trinajstić information content (AvgIpc) is 3.62. The molecule has 3 amide bonds. The summed E-state index contributed by atoms with van der Waals surface area (Å²) in [6.45, 7) is 3.38. The number of hydrogen-bond acceptors (Lipinski definition) is 9. The highest BCUT2D eigenvalue weighted by molar-refractivity contribution is 6.01. The van der Waals surface area contributed by atoms with Crippen LogP contribution in [0, 0.1) is 5.92 Å². The van der Waals surface area contributed by atoms with Crippen LogP contribution in [0.4, 0.5) is 0 Å². The minimum Gasteiger partial charge on any atom is -0.481 e. The number of carbonyl (C=O) groups excluding carboxylic acids is 3. The number of carbonyl (C=O) groups is 4. The third-order valence-electron chi connectivity index (χ3n) is 7.88. The van der Waals surface area contributed by atoms with Crippen molar-refractivity contribution in [1.29, 1.82) is 0 Å². The number of aliphatic hydroxyl groups is 1. The van der Waals surface area contributed by atoms with Crippen molar-refractivity contribution in [2.45, 2.75) is 57.6 Å². The first-order chi connectivity index (χ1) is 18.8. The third-order valence-corrected chi connectivity index (χ3v) is 7.88. The fraction of sp³-hybridized carbons (Fsp3) is 0.630. The molecule has 12 nitrogen and oxygen atoms in total. The second-order valence-corrected chi connectivity index (χ2v) is 10.3. The number of unbranched alkanes of at least 4 members (excludes halogenated alkanes) is 1. The highest BCUT2D eigenvalue weighted by Crippen LogP contribution is 2.44. The first kappa shape index (κ1) is 28.8. The molecule has 3 aliphatic rings. The van der Waals surface area contributed by atoms with Gasteiger partial charge in [0, 0.05) is 63.1 Å². The minimum atomic E-state index is -1.04. The zero-order chi connectivity index (χ0) is 28.1. The third kappa shape index (κ3) is 6.18. The molecule has 0 saturated carbocycles. The van der Waals surface area contributed by atoms with Gasteiger partial charge in [-0.2, -0.15) is 0 Å². The van der Waals surface area contributed by atoms with Gasteiger partial charge in [0.05, 0.1) is 19.1 Å². The van der Waals surface area contributed by atoms with E-state index < -0.39 is 23.8 Å². The molecule has 0 spiro atoms. The van der Waals surface area contributed by atoms with E-state index in [1.807, 2.05) is 11.8 Å². The molecule has 2 saturated heterocycles. The summed E-state index contributed by atoms with van der Waals surface area (Å²) in [5.41, 5.74) is 6.91. The number of nitrogens with two attached hydrogens (primary N) is 1. The highest BCUT2D eigenvalue weighted by atomic mass is 16.7. The molecule has 0 bridgehead atoms. The van der Waals surface area contributed by atoms with E-state index >= 15 is 0 Å². The molecule has 214 valence electrons. The van der Waals surface area contributed by atoms with Gasteiger partial charge in [-0.1, -0.05) is 13.3 Å². The number of amides is 3. The number of nitrogens with zero attached hydrogens (tertiary/aromatic N) is 3. The van der Waals surface area contributed by atoms with Crippen molar-refractivity contribution in [2.24, 2.45) is 11.7 Å². The molecule has 4 N–H and O–H groups in total. The van der Waals surface area contributed by atoms with Gasteiger partial charge in [0.2, 0.25) is 24.5 Å². The van der Waals surface area contributed by atoms with Gasteiger partial charge in [0.1, 0.15) is 0 Å². The molecular formula is C27H38N4O8. The van der Waals surface area contributed by atoms with E-state index in [1.165, 1.54) is 4.90 Å². The largest absolute Gasteiger partial charge is 0.481 e. The second kappa shape index (κ2) is 12.8. The first-order valence-corrected chi connectivity index (χ1v) is 13.6. The minimum absolute atomic E-state index is 0.00599. The van der Waals surface area contributed by atoms with Crippen LogP contribution in [0.1, 0.15) is 56.1 Å². The number of ether oxygens (including phenoxy) is 2. The lowest BCUT2D eigenvalue weighted by atomic mass is 9.83. The summed E-state index contributed by atoms with van der Waals surface area (Å²) in [5, 5.41) is 20.3. The summed E-state index contributed by atoms with van der Waals surface area (Å²) in [6, 6.07) is 2.86. The first-order valence-electron chi connectivity index (χ1n) is 13.6. The van der Waals surface area contributed by atoms with Crippen LogP contribution >= 0.6 is 0 Å². The lowest BCUT2D eigenvalue weighted by Crippen LogP contribution is -2.46. The highest BCUT2D eigenvalue weighted by Gasteiger charge is 2.48. The predicted octanol–water partition coefficient (Wildman–Crippen LogP) is 0.503. The van der Waals surface area contributed by atoms with Crippen molar-refractivity contribution in [3.05, 3.63) is 23.3 Å². The molecule has 3 aliphatic heterocycles. The standard InChI is InChI=1S/C27H38N4O8/c1-2-3-8-29(10-7-28)24(35)14-30-13-19(17-11-18(15-32)26-21(12-17)38-16-39-26)25(27(36)37)20(30)6-9-31-22(33)4-5-23(31)34/h11-12,19-20,25,32H,2-10,13-16,28H2,1H3,(H,36,37)/t19-,20+,25-/m1/s1. The zero-order valence-electron chi connectivity index (χ0n) is 22.3. The number of carboxylic acid groups (broad SMARTS) is 1. The van der Waals surface area contributed by atoms with Gasteiger partial charge in [0.25, 0.3) is 0 Å². The van der Waals surface area contributed by atoms with Crippen LogP contribution < -0.4 is 15.2 Å². The van der Waals surface area contributed by atoms with Crippen LogP contribution in [0.5, 0.6) is 11.5 Å². The summed E-state index contributed by atoms with van der Waals surface area (Å²) in [6.07, 6.45) is 2.28. The van der Waals surface area contributed by atoms with Crippen molar-refractivity contribution < 1.29 is 38.9 Å². The lowest BCUT2D eigenvalue weighted by Gasteiger charge is -2.30. The maximum Gasteiger partial charge on any atom is 0.308 e. The van der Waals surface area contributed by atoms with E-state index in [0.717, 1.165) is 12.8 Å². The molecule has 1 aromatic carbocycles. The Labute approximate surface area is 227 Å². The normalized spacial score (nSPS) is 22.6. The molecule has 4 rings (SSSR count). The number of likely N-dealkylation sites (tertiary alicyclic amines) is 2. The molecule has 0 aromatic heterocycles. The van der Waals surface area contributed by atoms with Gasteiger partial charge in [-0.25, -0.2) is 0 Å². The topological polar surface area (TPSA) is 163 Å². The van der Waals surface area contributed by atoms with Gasteiger partial charge >= 0.3 is 5.97 Å². The molecule has 3 atom stereocenters. The maximum atomic E-state index is 13.4. The number of benzene rings is 1. The number of hydrogen-bond donors (Lipinski definition) is 3. The van der Waals surface area contributed by atoms with Gasteiger partial charge in [-0.15, -0.1) is 0 Å². The van der Waals surface area contributed by atoms with Crippen LogP contribution in [0.25, 0.3) is 0 Å². The quantitative estimate of drug-likeness (QED) is 0.297. The number of rotatable bonds is 13. The van der Waals surface area contributed by atoms with E-state index in [9.17, 15) is 29.4 Å². The molecule has 0 radical (unpaired) electrons. The van der Waals surface area contributed by atoms with Crippen molar-refractivity contribution in [1.82, 2.24) is 14.7 Å². The Hall–Kier alpha value is -3.22. The zero-order valence-corrected chi connectivity index (χ0v) is 22.3. The Morgan fingerprint density at radius 3 is 2.54 bits per heavy atom. The summed E-state index contributed by atoms with van der Waals surface area (Å²) in [5.74, 6) is -2.27. The molecule has 2 fully saturated rings. The SMILES string of the molecule is CCCCN(CCN)C(=O)CN1C[C@H](c2cc(CO)c3c(c2)OCO3)[C@@H](C(=O)O)[C@@H]1CCN1C(=O)CCC1=O. The van der Waals surface area contributed by atoms with E-state index in [4.69, 9.17) is 15.2 Å². The monoisotopic (exact) mass is 546 g/mol. The lowest BCUT2D eigenvalue weighted by molar-refractivity contribution is -0.144. The van der Waals surface area contributed by atoms with E-state index in [2.05, 4.69) is 0 Å². The number of imide groups is 1. The Morgan fingerprint density at radius 2 is 1.90 bits per heavy atom. The molecule has 12 heteroatoms. The van der Waals surface area contributed by atoms with Gasteiger partial charge in [-0.3, -0.25) is 29.0 Å². The molecule has 0 unspecified atom stereocenters. The van der Waals surface area contributed by atoms with Gasteiger partial charge in [0.15, 0.2) is 11.5 Å². The van der Waals surface area contributed by atoms with E-state index in [1.54, 1.807) is 17.0 Å². The van der Waals surface area contributed by atoms with Crippen LogP contribution in [-0.4, -0.2) is 101 Å². The van der Waals surface area contributed by atoms with Gasteiger partial charge in [-0.05, 0) is 30.5 Å². The van der Waals surface area contributed by atoms with E-state index in [0.29, 0.717) is 42.3 Å². The number of aliphatic hydroxyl groups excluding tert-OH is 1. The van der Waals surface area contributed by atoms with Crippen molar-refractivity contribution in [2.75, 3.05) is 46.1 Å². The van der Waals surface area contributed by atoms with Crippen LogP contribution in [0.15, 0.2) is 12.1 Å². The van der Waals surface area contributed by atoms with Crippen molar-refractivity contribution in [3.63, 3.8) is 0 Å². The van der Waals surface area contributed by atoms with Crippen LogP contribution in [0.2, 0.25) is 0 Å². The molecule has 3 heterocycles. The number of aliphatic carboxylic acids is 1. The van der Waals surface area contributed by atoms with Crippen molar-refractivity contribution >= 4 is 23.7 Å². The fourth-order valence-corrected chi connectivity index (χ4v) is 5.90. The van der Waals surface area contributed by atoms with Crippen molar-refractivity contribution in [3.8, 4) is 11.5 Å². The smallest absolute Gasteiger partial charge is 0.308 e. The second-order valence-electron chi connectivity index (χ2n) is 10.3. The predicted molar refractivity (Wildman–Crippen MR) is 139 cm³/mol.